The highest BCUT2D eigenvalue weighted by Crippen LogP contribution is 2.37. The fourth-order valence-corrected chi connectivity index (χ4v) is 4.50. The molecule has 4 aromatic rings. The largest absolute Gasteiger partial charge is 0.481 e. The maximum atomic E-state index is 14.5. The number of imidazole rings is 1. The molecule has 0 aliphatic rings. The van der Waals surface area contributed by atoms with Crippen molar-refractivity contribution in [2.45, 2.75) is 37.9 Å². The summed E-state index contributed by atoms with van der Waals surface area (Å²) in [4.78, 5) is 28.0. The number of amides is 1. The van der Waals surface area contributed by atoms with E-state index in [1.54, 1.807) is 10.6 Å². The van der Waals surface area contributed by atoms with E-state index in [2.05, 4.69) is 11.9 Å². The average Bonchev–Trinajstić information content (AvgIpc) is 3.29. The third-order valence-electron chi connectivity index (χ3n) is 6.65. The van der Waals surface area contributed by atoms with Crippen LogP contribution in [-0.2, 0) is 23.4 Å². The predicted molar refractivity (Wildman–Crippen MR) is 143 cm³/mol. The molecule has 41 heavy (non-hydrogen) atoms. The quantitative estimate of drug-likeness (QED) is 0.163. The van der Waals surface area contributed by atoms with Crippen molar-refractivity contribution in [3.05, 3.63) is 113 Å². The zero-order valence-electron chi connectivity index (χ0n) is 21.9. The lowest BCUT2D eigenvalue weighted by molar-refractivity contribution is -0.138. The van der Waals surface area contributed by atoms with Gasteiger partial charge < -0.3 is 15.0 Å². The van der Waals surface area contributed by atoms with Crippen molar-refractivity contribution in [1.29, 1.82) is 0 Å². The van der Waals surface area contributed by atoms with Crippen LogP contribution in [0.15, 0.2) is 79.4 Å². The Morgan fingerprint density at radius 2 is 1.71 bits per heavy atom. The lowest BCUT2D eigenvalue weighted by Gasteiger charge is -2.19. The molecule has 3 aromatic carbocycles. The summed E-state index contributed by atoms with van der Waals surface area (Å²) in [5, 5.41) is 11.3. The number of carbonyl (C=O) groups excluding carboxylic acids is 1. The molecule has 1 atom stereocenters. The van der Waals surface area contributed by atoms with Crippen molar-refractivity contribution >= 4 is 22.9 Å². The van der Waals surface area contributed by atoms with E-state index in [-0.39, 0.29) is 36.6 Å². The molecule has 1 unspecified atom stereocenters. The molecule has 0 aliphatic carbocycles. The van der Waals surface area contributed by atoms with Gasteiger partial charge in [0.2, 0.25) is 0 Å². The SMILES string of the molecule is C=CC(F)(F)c1cc(Cn2c(C(C)c3ccccc3)nc3cc(C(=O)NCCC(=O)O)ccc32)cc(C(F)(F)F)c1. The third kappa shape index (κ3) is 6.62. The van der Waals surface area contributed by atoms with Gasteiger partial charge >= 0.3 is 12.1 Å². The summed E-state index contributed by atoms with van der Waals surface area (Å²) < 4.78 is 71.7. The minimum atomic E-state index is -4.86. The van der Waals surface area contributed by atoms with E-state index >= 15 is 0 Å². The van der Waals surface area contributed by atoms with E-state index in [1.807, 2.05) is 37.3 Å². The van der Waals surface area contributed by atoms with Crippen LogP contribution in [0, 0.1) is 0 Å². The first-order chi connectivity index (χ1) is 19.3. The zero-order chi connectivity index (χ0) is 29.9. The zero-order valence-corrected chi connectivity index (χ0v) is 21.9. The van der Waals surface area contributed by atoms with Gasteiger partial charge in [-0.2, -0.15) is 22.0 Å². The second-order valence-electron chi connectivity index (χ2n) is 9.54. The van der Waals surface area contributed by atoms with Gasteiger partial charge in [0.1, 0.15) is 5.82 Å². The lowest BCUT2D eigenvalue weighted by atomic mass is 9.99. The number of alkyl halides is 5. The van der Waals surface area contributed by atoms with Gasteiger partial charge in [0, 0.05) is 30.1 Å². The summed E-state index contributed by atoms with van der Waals surface area (Å²) in [6.45, 7) is 4.63. The minimum absolute atomic E-state index is 0.0207. The van der Waals surface area contributed by atoms with Crippen molar-refractivity contribution in [1.82, 2.24) is 14.9 Å². The molecule has 214 valence electrons. The topological polar surface area (TPSA) is 84.2 Å². The number of allylic oxidation sites excluding steroid dienone is 1. The Bertz CT molecular complexity index is 1600. The molecular formula is C30H26F5N3O3. The Kier molecular flexibility index (Phi) is 8.27. The van der Waals surface area contributed by atoms with E-state index in [1.165, 1.54) is 12.1 Å². The van der Waals surface area contributed by atoms with Crippen LogP contribution in [0.3, 0.4) is 0 Å². The van der Waals surface area contributed by atoms with Crippen molar-refractivity contribution < 1.29 is 36.6 Å². The maximum absolute atomic E-state index is 14.5. The number of aromatic nitrogens is 2. The molecule has 0 saturated heterocycles. The van der Waals surface area contributed by atoms with E-state index in [9.17, 15) is 31.5 Å². The lowest BCUT2D eigenvalue weighted by Crippen LogP contribution is -2.25. The highest BCUT2D eigenvalue weighted by atomic mass is 19.4. The normalized spacial score (nSPS) is 12.7. The molecule has 0 fully saturated rings. The Labute approximate surface area is 232 Å². The molecule has 0 spiro atoms. The van der Waals surface area contributed by atoms with E-state index in [4.69, 9.17) is 10.1 Å². The molecule has 11 heteroatoms. The molecule has 2 N–H and O–H groups in total. The van der Waals surface area contributed by atoms with Gasteiger partial charge in [0.05, 0.1) is 23.0 Å². The second kappa shape index (κ2) is 11.5. The number of nitrogens with zero attached hydrogens (tertiary/aromatic N) is 2. The van der Waals surface area contributed by atoms with E-state index < -0.39 is 35.1 Å². The summed E-state index contributed by atoms with van der Waals surface area (Å²) in [7, 11) is 0. The predicted octanol–water partition coefficient (Wildman–Crippen LogP) is 6.74. The molecule has 4 rings (SSSR count). The van der Waals surface area contributed by atoms with Crippen molar-refractivity contribution in [2.75, 3.05) is 6.54 Å². The number of nitrogens with one attached hydrogen (secondary N) is 1. The van der Waals surface area contributed by atoms with Crippen molar-refractivity contribution in [3.8, 4) is 0 Å². The molecular weight excluding hydrogens is 545 g/mol. The van der Waals surface area contributed by atoms with Gasteiger partial charge in [-0.25, -0.2) is 4.98 Å². The summed E-state index contributed by atoms with van der Waals surface area (Å²) in [5.41, 5.74) is -0.171. The number of carbonyl (C=O) groups is 2. The molecule has 0 aliphatic heterocycles. The van der Waals surface area contributed by atoms with Crippen molar-refractivity contribution in [3.63, 3.8) is 0 Å². The van der Waals surface area contributed by atoms with Gasteiger partial charge in [-0.05, 0) is 53.6 Å². The van der Waals surface area contributed by atoms with Crippen LogP contribution in [0.4, 0.5) is 22.0 Å². The molecule has 6 nitrogen and oxygen atoms in total. The number of hydrogen-bond acceptors (Lipinski definition) is 3. The summed E-state index contributed by atoms with van der Waals surface area (Å²) in [6, 6.07) is 16.0. The standard InChI is InChI=1S/C30H26F5N3O3/c1-3-29(31,32)22-13-19(14-23(16-22)30(33,34)35)17-38-25-10-9-21(28(41)36-12-11-26(39)40)15-24(25)37-27(38)18(2)20-7-5-4-6-8-20/h3-10,13-16,18H,1,11-12,17H2,2H3,(H,36,41)(H,39,40). The van der Waals surface area contributed by atoms with Gasteiger partial charge in [-0.3, -0.25) is 9.59 Å². The number of fused-ring (bicyclic) bond motifs is 1. The van der Waals surface area contributed by atoms with Crippen molar-refractivity contribution in [2.24, 2.45) is 0 Å². The number of carboxylic acid groups (broad SMARTS) is 1. The van der Waals surface area contributed by atoms with Crippen LogP contribution >= 0.6 is 0 Å². The Morgan fingerprint density at radius 3 is 2.34 bits per heavy atom. The van der Waals surface area contributed by atoms with Crippen LogP contribution < -0.4 is 5.32 Å². The molecule has 1 amide bonds. The fraction of sp³-hybridized carbons (Fsp3) is 0.233. The number of carboxylic acids is 1. The number of benzene rings is 3. The Balaban J connectivity index is 1.83. The average molecular weight is 572 g/mol. The minimum Gasteiger partial charge on any atom is -0.481 e. The number of halogens is 5. The Morgan fingerprint density at radius 1 is 1.02 bits per heavy atom. The fourth-order valence-electron chi connectivity index (χ4n) is 4.50. The first-order valence-corrected chi connectivity index (χ1v) is 12.6. The number of rotatable bonds is 10. The molecule has 1 heterocycles. The smallest absolute Gasteiger partial charge is 0.416 e. The van der Waals surface area contributed by atoms with E-state index in [0.29, 0.717) is 29.0 Å². The summed E-state index contributed by atoms with van der Waals surface area (Å²) in [5.74, 6) is -5.17. The van der Waals surface area contributed by atoms with E-state index in [0.717, 1.165) is 17.7 Å². The second-order valence-corrected chi connectivity index (χ2v) is 9.54. The summed E-state index contributed by atoms with van der Waals surface area (Å²) in [6.07, 6.45) is -4.82. The Hall–Kier alpha value is -4.54. The summed E-state index contributed by atoms with van der Waals surface area (Å²) >= 11 is 0. The maximum Gasteiger partial charge on any atom is 0.416 e. The number of aliphatic carboxylic acids is 1. The first kappa shape index (κ1) is 29.4. The monoisotopic (exact) mass is 571 g/mol. The highest BCUT2D eigenvalue weighted by Gasteiger charge is 2.35. The van der Waals surface area contributed by atoms with Gasteiger partial charge in [0.25, 0.3) is 11.8 Å². The van der Waals surface area contributed by atoms with Crippen LogP contribution in [0.5, 0.6) is 0 Å². The number of hydrogen-bond donors (Lipinski definition) is 2. The van der Waals surface area contributed by atoms with Crippen LogP contribution in [0.1, 0.15) is 57.7 Å². The highest BCUT2D eigenvalue weighted by molar-refractivity contribution is 5.97. The molecule has 0 saturated carbocycles. The molecule has 0 radical (unpaired) electrons. The van der Waals surface area contributed by atoms with Crippen LogP contribution in [0.25, 0.3) is 11.0 Å². The van der Waals surface area contributed by atoms with Gasteiger partial charge in [0.15, 0.2) is 0 Å². The van der Waals surface area contributed by atoms with Gasteiger partial charge in [-0.15, -0.1) is 0 Å². The third-order valence-corrected chi connectivity index (χ3v) is 6.65. The van der Waals surface area contributed by atoms with Gasteiger partial charge in [-0.1, -0.05) is 43.8 Å². The molecule has 1 aromatic heterocycles. The first-order valence-electron chi connectivity index (χ1n) is 12.6. The van der Waals surface area contributed by atoms with Crippen LogP contribution in [0.2, 0.25) is 0 Å². The van der Waals surface area contributed by atoms with Crippen LogP contribution in [-0.4, -0.2) is 33.1 Å². The molecule has 0 bridgehead atoms.